The van der Waals surface area contributed by atoms with Gasteiger partial charge in [-0.2, -0.15) is 14.2 Å². The van der Waals surface area contributed by atoms with Crippen LogP contribution < -0.4 is 10.2 Å². The van der Waals surface area contributed by atoms with Crippen LogP contribution in [0.25, 0.3) is 0 Å². The Morgan fingerprint density at radius 3 is 2.92 bits per heavy atom. The molecule has 0 spiro atoms. The first-order valence-electron chi connectivity index (χ1n) is 13.0. The van der Waals surface area contributed by atoms with Gasteiger partial charge in [0.25, 0.3) is 0 Å². The summed E-state index contributed by atoms with van der Waals surface area (Å²) in [6.45, 7) is 1.28. The SMILES string of the molecule is CN1C(=O)C(NC(=O)n2cc(Cc3cccc(F)n3)cn2)CCc2ccc(C#CCCCOCCCO)cc21. The van der Waals surface area contributed by atoms with Crippen LogP contribution in [0, 0.1) is 17.8 Å². The number of fused-ring (bicyclic) bond motifs is 1. The Hall–Kier alpha value is -4.07. The second-order valence-corrected chi connectivity index (χ2v) is 9.30. The Morgan fingerprint density at radius 2 is 2.10 bits per heavy atom. The summed E-state index contributed by atoms with van der Waals surface area (Å²) >= 11 is 0. The zero-order valence-electron chi connectivity index (χ0n) is 21.9. The molecule has 4 rings (SSSR count). The van der Waals surface area contributed by atoms with Gasteiger partial charge in [-0.25, -0.2) is 9.78 Å². The van der Waals surface area contributed by atoms with E-state index in [2.05, 4.69) is 27.2 Å². The maximum atomic E-state index is 13.4. The zero-order chi connectivity index (χ0) is 27.6. The molecule has 2 amide bonds. The quantitative estimate of drug-likeness (QED) is 0.249. The van der Waals surface area contributed by atoms with Crippen molar-refractivity contribution in [3.8, 4) is 11.8 Å². The summed E-state index contributed by atoms with van der Waals surface area (Å²) in [5, 5.41) is 15.7. The minimum atomic E-state index is -0.715. The number of ether oxygens (including phenoxy) is 1. The number of nitrogens with one attached hydrogen (secondary N) is 1. The summed E-state index contributed by atoms with van der Waals surface area (Å²) < 4.78 is 19.9. The van der Waals surface area contributed by atoms with Crippen LogP contribution in [0.1, 0.15) is 48.1 Å². The van der Waals surface area contributed by atoms with Gasteiger partial charge in [0.15, 0.2) is 0 Å². The number of anilines is 1. The van der Waals surface area contributed by atoms with Gasteiger partial charge in [0.05, 0.1) is 6.20 Å². The van der Waals surface area contributed by atoms with E-state index in [0.717, 1.165) is 27.9 Å². The third-order valence-electron chi connectivity index (χ3n) is 6.35. The first kappa shape index (κ1) is 28.0. The smallest absolute Gasteiger partial charge is 0.342 e. The molecule has 39 heavy (non-hydrogen) atoms. The number of likely N-dealkylation sites (N-methyl/N-ethyl adjacent to an activating group) is 1. The summed E-state index contributed by atoms with van der Waals surface area (Å²) in [5.74, 6) is 5.51. The lowest BCUT2D eigenvalue weighted by atomic mass is 10.0. The van der Waals surface area contributed by atoms with Crippen LogP contribution in [-0.2, 0) is 22.4 Å². The number of aromatic nitrogens is 3. The van der Waals surface area contributed by atoms with Crippen molar-refractivity contribution in [2.24, 2.45) is 0 Å². The maximum absolute atomic E-state index is 13.4. The molecule has 0 aliphatic carbocycles. The van der Waals surface area contributed by atoms with E-state index in [0.29, 0.717) is 56.6 Å². The number of pyridine rings is 1. The lowest BCUT2D eigenvalue weighted by molar-refractivity contribution is -0.120. The predicted octanol–water partition coefficient (Wildman–Crippen LogP) is 3.07. The van der Waals surface area contributed by atoms with Gasteiger partial charge in [-0.1, -0.05) is 24.0 Å². The molecule has 0 fully saturated rings. The number of unbranched alkanes of at least 4 members (excludes halogenated alkanes) is 1. The molecule has 10 heteroatoms. The monoisotopic (exact) mass is 533 g/mol. The summed E-state index contributed by atoms with van der Waals surface area (Å²) in [5.41, 5.74) is 3.83. The molecule has 2 N–H and O–H groups in total. The molecular formula is C29H32FN5O4. The summed E-state index contributed by atoms with van der Waals surface area (Å²) in [4.78, 5) is 31.5. The van der Waals surface area contributed by atoms with Crippen molar-refractivity contribution in [1.82, 2.24) is 20.1 Å². The third kappa shape index (κ3) is 7.72. The molecule has 204 valence electrons. The van der Waals surface area contributed by atoms with Crippen LogP contribution in [0.5, 0.6) is 0 Å². The minimum Gasteiger partial charge on any atom is -0.396 e. The highest BCUT2D eigenvalue weighted by Crippen LogP contribution is 2.27. The van der Waals surface area contributed by atoms with Gasteiger partial charge < -0.3 is 20.1 Å². The van der Waals surface area contributed by atoms with Crippen molar-refractivity contribution in [2.75, 3.05) is 31.8 Å². The standard InChI is InChI=1S/C29H32FN5O4/c1-34-26-18-21(7-3-2-4-15-39-16-6-14-36)10-11-23(26)12-13-25(28(34)37)33-29(38)35-20-22(19-31-35)17-24-8-5-9-27(30)32-24/h5,8-11,18-20,25,36H,2,4,6,12-17H2,1H3,(H,33,38). The fourth-order valence-corrected chi connectivity index (χ4v) is 4.31. The van der Waals surface area contributed by atoms with Gasteiger partial charge in [0.1, 0.15) is 6.04 Å². The van der Waals surface area contributed by atoms with E-state index in [4.69, 9.17) is 9.84 Å². The predicted molar refractivity (Wildman–Crippen MR) is 144 cm³/mol. The van der Waals surface area contributed by atoms with Crippen molar-refractivity contribution in [2.45, 2.75) is 44.6 Å². The van der Waals surface area contributed by atoms with E-state index in [1.54, 1.807) is 30.3 Å². The van der Waals surface area contributed by atoms with Crippen molar-refractivity contribution >= 4 is 17.6 Å². The van der Waals surface area contributed by atoms with E-state index < -0.39 is 18.0 Å². The molecule has 0 saturated heterocycles. The number of carbonyl (C=O) groups excluding carboxylic acids is 2. The Labute approximate surface area is 227 Å². The number of aliphatic hydroxyl groups is 1. The van der Waals surface area contributed by atoms with Crippen LogP contribution in [0.2, 0.25) is 0 Å². The highest BCUT2D eigenvalue weighted by Gasteiger charge is 2.30. The van der Waals surface area contributed by atoms with Crippen LogP contribution in [-0.4, -0.2) is 64.7 Å². The Morgan fingerprint density at radius 1 is 1.26 bits per heavy atom. The van der Waals surface area contributed by atoms with E-state index in [1.807, 2.05) is 18.2 Å². The number of benzene rings is 1. The second kappa shape index (κ2) is 13.6. The molecule has 1 unspecified atom stereocenters. The number of nitrogens with zero attached hydrogens (tertiary/aromatic N) is 4. The molecule has 1 aliphatic rings. The molecule has 1 atom stereocenters. The molecule has 3 aromatic rings. The van der Waals surface area contributed by atoms with E-state index in [1.165, 1.54) is 12.3 Å². The third-order valence-corrected chi connectivity index (χ3v) is 6.35. The van der Waals surface area contributed by atoms with Crippen LogP contribution in [0.3, 0.4) is 0 Å². The maximum Gasteiger partial charge on any atom is 0.342 e. The minimum absolute atomic E-state index is 0.130. The number of carbonyl (C=O) groups is 2. The van der Waals surface area contributed by atoms with Gasteiger partial charge in [0, 0.05) is 62.9 Å². The number of aryl methyl sites for hydroxylation is 1. The molecule has 9 nitrogen and oxygen atoms in total. The Bertz CT molecular complexity index is 1360. The summed E-state index contributed by atoms with van der Waals surface area (Å²) in [6, 6.07) is 9.15. The average Bonchev–Trinajstić information content (AvgIpc) is 3.36. The van der Waals surface area contributed by atoms with Gasteiger partial charge in [-0.05, 0) is 61.1 Å². The van der Waals surface area contributed by atoms with Crippen molar-refractivity contribution in [3.63, 3.8) is 0 Å². The molecule has 2 aromatic heterocycles. The molecule has 0 bridgehead atoms. The van der Waals surface area contributed by atoms with Crippen LogP contribution in [0.15, 0.2) is 48.8 Å². The molecule has 3 heterocycles. The molecule has 0 radical (unpaired) electrons. The number of halogens is 1. The fourth-order valence-electron chi connectivity index (χ4n) is 4.31. The number of aliphatic hydroxyl groups excluding tert-OH is 1. The number of hydrogen-bond acceptors (Lipinski definition) is 6. The van der Waals surface area contributed by atoms with Crippen LogP contribution >= 0.6 is 0 Å². The normalized spacial score (nSPS) is 14.8. The number of amides is 2. The first-order valence-corrected chi connectivity index (χ1v) is 13.0. The van der Waals surface area contributed by atoms with Crippen LogP contribution in [0.4, 0.5) is 14.9 Å². The fraction of sp³-hybridized carbons (Fsp3) is 0.379. The average molecular weight is 534 g/mol. The van der Waals surface area contributed by atoms with Gasteiger partial charge in [0.2, 0.25) is 11.9 Å². The lowest BCUT2D eigenvalue weighted by Crippen LogP contribution is -2.48. The van der Waals surface area contributed by atoms with Crippen molar-refractivity contribution in [3.05, 3.63) is 77.1 Å². The first-order chi connectivity index (χ1) is 18.9. The Balaban J connectivity index is 1.34. The van der Waals surface area contributed by atoms with Gasteiger partial charge in [-0.3, -0.25) is 4.79 Å². The van der Waals surface area contributed by atoms with E-state index in [9.17, 15) is 14.0 Å². The second-order valence-electron chi connectivity index (χ2n) is 9.30. The number of rotatable bonds is 9. The van der Waals surface area contributed by atoms with E-state index in [-0.39, 0.29) is 12.5 Å². The van der Waals surface area contributed by atoms with Crippen molar-refractivity contribution < 1.29 is 23.8 Å². The molecule has 1 aliphatic heterocycles. The molecule has 1 aromatic carbocycles. The number of hydrogen-bond donors (Lipinski definition) is 2. The van der Waals surface area contributed by atoms with Crippen molar-refractivity contribution in [1.29, 1.82) is 0 Å². The summed E-state index contributed by atoms with van der Waals surface area (Å²) in [7, 11) is 1.70. The highest BCUT2D eigenvalue weighted by molar-refractivity contribution is 6.00. The summed E-state index contributed by atoms with van der Waals surface area (Å²) in [6.07, 6.45) is 6.60. The molecular weight excluding hydrogens is 501 g/mol. The largest absolute Gasteiger partial charge is 0.396 e. The van der Waals surface area contributed by atoms with Gasteiger partial charge >= 0.3 is 6.03 Å². The topological polar surface area (TPSA) is 110 Å². The van der Waals surface area contributed by atoms with Gasteiger partial charge in [-0.15, -0.1) is 0 Å². The van der Waals surface area contributed by atoms with E-state index >= 15 is 0 Å². The zero-order valence-corrected chi connectivity index (χ0v) is 21.9. The Kier molecular flexibility index (Phi) is 9.78. The molecule has 0 saturated carbocycles. The highest BCUT2D eigenvalue weighted by atomic mass is 19.1. The lowest BCUT2D eigenvalue weighted by Gasteiger charge is -2.22.